The van der Waals surface area contributed by atoms with Crippen LogP contribution in [0.2, 0.25) is 0 Å². The molecule has 0 unspecified atom stereocenters. The van der Waals surface area contributed by atoms with Crippen molar-refractivity contribution in [3.8, 4) is 0 Å². The quantitative estimate of drug-likeness (QED) is 0.737. The first-order chi connectivity index (χ1) is 14.0. The number of hydrogen-bond donors (Lipinski definition) is 1. The molecular weight excluding hydrogens is 394 g/mol. The van der Waals surface area contributed by atoms with Gasteiger partial charge in [-0.2, -0.15) is 4.31 Å². The summed E-state index contributed by atoms with van der Waals surface area (Å²) in [5.41, 5.74) is 1.17. The van der Waals surface area contributed by atoms with Crippen molar-refractivity contribution in [1.82, 2.24) is 9.62 Å². The number of ether oxygens (including phenoxy) is 2. The Balaban J connectivity index is 1.65. The van der Waals surface area contributed by atoms with E-state index < -0.39 is 10.0 Å². The van der Waals surface area contributed by atoms with Crippen LogP contribution in [0.4, 0.5) is 5.69 Å². The number of nitrogens with zero attached hydrogens (tertiary/aromatic N) is 2. The molecule has 1 aromatic carbocycles. The maximum Gasteiger partial charge on any atom is 0.253 e. The highest BCUT2D eigenvalue weighted by molar-refractivity contribution is 7.89. The zero-order valence-electron chi connectivity index (χ0n) is 16.8. The van der Waals surface area contributed by atoms with Crippen LogP contribution in [0.3, 0.4) is 0 Å². The maximum atomic E-state index is 13.1. The Kier molecular flexibility index (Phi) is 6.10. The smallest absolute Gasteiger partial charge is 0.253 e. The molecule has 2 heterocycles. The lowest BCUT2D eigenvalue weighted by Crippen LogP contribution is -2.41. The predicted molar refractivity (Wildman–Crippen MR) is 109 cm³/mol. The number of sulfonamides is 1. The summed E-state index contributed by atoms with van der Waals surface area (Å²) < 4.78 is 38.3. The van der Waals surface area contributed by atoms with Crippen molar-refractivity contribution in [2.75, 3.05) is 57.5 Å². The third kappa shape index (κ3) is 4.58. The average molecular weight is 424 g/mol. The number of carbonyl (C=O) groups is 1. The van der Waals surface area contributed by atoms with Crippen LogP contribution in [-0.2, 0) is 19.5 Å². The molecule has 1 amide bonds. The minimum atomic E-state index is -3.67. The van der Waals surface area contributed by atoms with Gasteiger partial charge < -0.3 is 19.7 Å². The van der Waals surface area contributed by atoms with Gasteiger partial charge in [0.25, 0.3) is 5.91 Å². The van der Waals surface area contributed by atoms with Crippen molar-refractivity contribution < 1.29 is 22.7 Å². The highest BCUT2D eigenvalue weighted by Gasteiger charge is 2.32. The van der Waals surface area contributed by atoms with Crippen LogP contribution in [0, 0.1) is 5.92 Å². The molecule has 9 heteroatoms. The van der Waals surface area contributed by atoms with E-state index in [1.165, 1.54) is 10.4 Å². The van der Waals surface area contributed by atoms with Crippen molar-refractivity contribution in [2.45, 2.75) is 30.7 Å². The molecule has 29 heavy (non-hydrogen) atoms. The first kappa shape index (κ1) is 20.6. The fourth-order valence-corrected chi connectivity index (χ4v) is 5.31. The van der Waals surface area contributed by atoms with E-state index in [1.54, 1.807) is 12.1 Å². The molecule has 0 bridgehead atoms. The molecule has 1 N–H and O–H groups in total. The highest BCUT2D eigenvalue weighted by Crippen LogP contribution is 2.33. The summed E-state index contributed by atoms with van der Waals surface area (Å²) in [6.45, 7) is 5.97. The van der Waals surface area contributed by atoms with Gasteiger partial charge in [0.05, 0.1) is 36.9 Å². The number of morpholine rings is 2. The van der Waals surface area contributed by atoms with Crippen LogP contribution in [0.15, 0.2) is 23.1 Å². The Hall–Kier alpha value is -1.68. The largest absolute Gasteiger partial charge is 0.379 e. The van der Waals surface area contributed by atoms with Crippen LogP contribution in [0.5, 0.6) is 0 Å². The van der Waals surface area contributed by atoms with Gasteiger partial charge in [-0.3, -0.25) is 4.79 Å². The zero-order valence-corrected chi connectivity index (χ0v) is 17.6. The summed E-state index contributed by atoms with van der Waals surface area (Å²) >= 11 is 0. The Morgan fingerprint density at radius 2 is 1.69 bits per heavy atom. The molecule has 0 spiro atoms. The minimum absolute atomic E-state index is 0.0829. The molecule has 160 valence electrons. The van der Waals surface area contributed by atoms with Crippen LogP contribution < -0.4 is 10.2 Å². The van der Waals surface area contributed by atoms with Gasteiger partial charge >= 0.3 is 0 Å². The number of nitrogens with one attached hydrogen (secondary N) is 1. The van der Waals surface area contributed by atoms with Crippen molar-refractivity contribution in [3.63, 3.8) is 0 Å². The van der Waals surface area contributed by atoms with Crippen molar-refractivity contribution >= 4 is 21.6 Å². The Morgan fingerprint density at radius 3 is 2.31 bits per heavy atom. The minimum Gasteiger partial charge on any atom is -0.379 e. The predicted octanol–water partition coefficient (Wildman–Crippen LogP) is 1.07. The van der Waals surface area contributed by atoms with Gasteiger partial charge in [0.2, 0.25) is 10.0 Å². The molecule has 1 saturated carbocycles. The fraction of sp³-hybridized carbons (Fsp3) is 0.650. The van der Waals surface area contributed by atoms with Gasteiger partial charge in [-0.15, -0.1) is 0 Å². The van der Waals surface area contributed by atoms with Gasteiger partial charge in [-0.1, -0.05) is 0 Å². The van der Waals surface area contributed by atoms with E-state index in [4.69, 9.17) is 9.47 Å². The maximum absolute atomic E-state index is 13.1. The zero-order chi connectivity index (χ0) is 20.4. The highest BCUT2D eigenvalue weighted by atomic mass is 32.2. The molecule has 2 saturated heterocycles. The standard InChI is InChI=1S/C20H29N3O5S/c1-15(16-2-3-16)21-20(24)18-14-17(29(25,26)23-8-12-28-13-9-23)4-5-19(18)22-6-10-27-11-7-22/h4-5,14-16H,2-3,6-13H2,1H3,(H,21,24)/t15-/m1/s1. The molecule has 8 nitrogen and oxygen atoms in total. The van der Waals surface area contributed by atoms with Crippen molar-refractivity contribution in [1.29, 1.82) is 0 Å². The van der Waals surface area contributed by atoms with Crippen LogP contribution >= 0.6 is 0 Å². The van der Waals surface area contributed by atoms with Gasteiger partial charge in [0.15, 0.2) is 0 Å². The monoisotopic (exact) mass is 423 g/mol. The summed E-state index contributed by atoms with van der Waals surface area (Å²) in [6, 6.07) is 4.98. The third-order valence-electron chi connectivity index (χ3n) is 5.86. The van der Waals surface area contributed by atoms with Crippen molar-refractivity contribution in [3.05, 3.63) is 23.8 Å². The second-order valence-corrected chi connectivity index (χ2v) is 9.83. The Morgan fingerprint density at radius 1 is 1.07 bits per heavy atom. The molecule has 0 radical (unpaired) electrons. The molecule has 3 fully saturated rings. The van der Waals surface area contributed by atoms with E-state index in [2.05, 4.69) is 10.2 Å². The van der Waals surface area contributed by atoms with E-state index in [9.17, 15) is 13.2 Å². The van der Waals surface area contributed by atoms with Gasteiger partial charge in [-0.25, -0.2) is 8.42 Å². The molecule has 1 aromatic rings. The topological polar surface area (TPSA) is 88.2 Å². The summed E-state index contributed by atoms with van der Waals surface area (Å²) in [6.07, 6.45) is 2.26. The van der Waals surface area contributed by atoms with E-state index in [1.807, 2.05) is 6.92 Å². The molecule has 3 aliphatic rings. The molecule has 4 rings (SSSR count). The van der Waals surface area contributed by atoms with Gasteiger partial charge in [-0.05, 0) is 43.9 Å². The number of rotatable bonds is 6. The second kappa shape index (κ2) is 8.59. The summed E-state index contributed by atoms with van der Waals surface area (Å²) in [4.78, 5) is 15.4. The first-order valence-corrected chi connectivity index (χ1v) is 11.8. The summed E-state index contributed by atoms with van der Waals surface area (Å²) in [5.74, 6) is 0.302. The van der Waals surface area contributed by atoms with E-state index in [0.29, 0.717) is 64.1 Å². The SMILES string of the molecule is C[C@@H](NC(=O)c1cc(S(=O)(=O)N2CCOCC2)ccc1N1CCOCC1)C1CC1. The lowest BCUT2D eigenvalue weighted by Gasteiger charge is -2.31. The number of benzene rings is 1. The van der Waals surface area contributed by atoms with Crippen molar-refractivity contribution in [2.24, 2.45) is 5.92 Å². The summed E-state index contributed by atoms with van der Waals surface area (Å²) in [5, 5.41) is 3.07. The van der Waals surface area contributed by atoms with E-state index in [0.717, 1.165) is 18.5 Å². The number of anilines is 1. The van der Waals surface area contributed by atoms with E-state index in [-0.39, 0.29) is 16.8 Å². The fourth-order valence-electron chi connectivity index (χ4n) is 3.87. The number of hydrogen-bond acceptors (Lipinski definition) is 6. The number of amides is 1. The molecule has 2 aliphatic heterocycles. The third-order valence-corrected chi connectivity index (χ3v) is 7.75. The Labute approximate surface area is 172 Å². The molecule has 1 atom stereocenters. The first-order valence-electron chi connectivity index (χ1n) is 10.3. The lowest BCUT2D eigenvalue weighted by molar-refractivity contribution is 0.0730. The summed E-state index contributed by atoms with van der Waals surface area (Å²) in [7, 11) is -3.67. The lowest BCUT2D eigenvalue weighted by atomic mass is 10.1. The normalized spacial score (nSPS) is 22.3. The van der Waals surface area contributed by atoms with Gasteiger partial charge in [0, 0.05) is 37.9 Å². The second-order valence-electron chi connectivity index (χ2n) is 7.89. The van der Waals surface area contributed by atoms with Crippen LogP contribution in [0.1, 0.15) is 30.1 Å². The number of carbonyl (C=O) groups excluding carboxylic acids is 1. The molecule has 0 aromatic heterocycles. The molecule has 1 aliphatic carbocycles. The molecular formula is C20H29N3O5S. The van der Waals surface area contributed by atoms with Crippen LogP contribution in [0.25, 0.3) is 0 Å². The van der Waals surface area contributed by atoms with Gasteiger partial charge in [0.1, 0.15) is 0 Å². The van der Waals surface area contributed by atoms with Crippen LogP contribution in [-0.4, -0.2) is 77.3 Å². The Bertz CT molecular complexity index is 844. The average Bonchev–Trinajstić information content (AvgIpc) is 3.60. The van der Waals surface area contributed by atoms with E-state index >= 15 is 0 Å².